The number of nitrogens with zero attached hydrogens (tertiary/aromatic N) is 2. The van der Waals surface area contributed by atoms with Crippen LogP contribution >= 0.6 is 11.6 Å². The van der Waals surface area contributed by atoms with Gasteiger partial charge in [-0.3, -0.25) is 9.79 Å². The Kier molecular flexibility index (Phi) is 7.44. The predicted molar refractivity (Wildman–Crippen MR) is 112 cm³/mol. The maximum Gasteiger partial charge on any atom is 0.410 e. The Bertz CT molecular complexity index is 895. The van der Waals surface area contributed by atoms with Gasteiger partial charge in [0.1, 0.15) is 11.4 Å². The molecule has 10 heteroatoms. The first-order valence-electron chi connectivity index (χ1n) is 9.33. The van der Waals surface area contributed by atoms with Gasteiger partial charge in [0, 0.05) is 13.2 Å². The molecule has 0 aromatic heterocycles. The lowest BCUT2D eigenvalue weighted by Crippen LogP contribution is -2.48. The van der Waals surface area contributed by atoms with Gasteiger partial charge in [-0.2, -0.15) is 0 Å². The number of ether oxygens (including phenoxy) is 1. The molecule has 0 fully saturated rings. The summed E-state index contributed by atoms with van der Waals surface area (Å²) in [6, 6.07) is 3.27. The van der Waals surface area contributed by atoms with Crippen molar-refractivity contribution in [1.29, 1.82) is 0 Å². The standard InChI is InChI=1S/C20H26ClFN4O4/c1-20(2,3)30-19(29)26-9-12(6-7-27)25-15(10-26)16(18(24)28)17(23)11-4-5-14(22)13(21)8-11/h4-5,8,12,27H,6-7,9-10,23H2,1-3H3,(H2,24,28). The van der Waals surface area contributed by atoms with Crippen molar-refractivity contribution in [1.82, 2.24) is 4.90 Å². The molecule has 0 aliphatic carbocycles. The van der Waals surface area contributed by atoms with Crippen LogP contribution in [0.25, 0.3) is 5.70 Å². The minimum Gasteiger partial charge on any atom is -0.444 e. The van der Waals surface area contributed by atoms with Gasteiger partial charge in [0.05, 0.1) is 34.6 Å². The number of hydrogen-bond acceptors (Lipinski definition) is 6. The highest BCUT2D eigenvalue weighted by molar-refractivity contribution is 6.31. The summed E-state index contributed by atoms with van der Waals surface area (Å²) in [4.78, 5) is 30.7. The number of carbonyl (C=O) groups excluding carboxylic acids is 2. The molecule has 0 saturated carbocycles. The molecular weight excluding hydrogens is 415 g/mol. The number of hydrogen-bond donors (Lipinski definition) is 3. The van der Waals surface area contributed by atoms with Crippen LogP contribution in [0, 0.1) is 5.82 Å². The molecule has 1 aromatic carbocycles. The fourth-order valence-corrected chi connectivity index (χ4v) is 3.13. The molecular formula is C20H26ClFN4O4. The van der Waals surface area contributed by atoms with Gasteiger partial charge in [-0.1, -0.05) is 11.6 Å². The van der Waals surface area contributed by atoms with Gasteiger partial charge < -0.3 is 26.2 Å². The molecule has 1 aromatic rings. The molecule has 164 valence electrons. The van der Waals surface area contributed by atoms with Crippen LogP contribution in [0.2, 0.25) is 5.02 Å². The molecule has 1 aliphatic heterocycles. The molecule has 1 heterocycles. The molecule has 0 saturated heterocycles. The van der Waals surface area contributed by atoms with Gasteiger partial charge in [-0.25, -0.2) is 9.18 Å². The predicted octanol–water partition coefficient (Wildman–Crippen LogP) is 2.08. The second-order valence-corrected chi connectivity index (χ2v) is 8.29. The number of rotatable bonds is 5. The maximum atomic E-state index is 13.5. The van der Waals surface area contributed by atoms with E-state index in [1.807, 2.05) is 0 Å². The van der Waals surface area contributed by atoms with Crippen molar-refractivity contribution < 1.29 is 23.8 Å². The monoisotopic (exact) mass is 440 g/mol. The Hall–Kier alpha value is -2.65. The smallest absolute Gasteiger partial charge is 0.410 e. The third-order valence-electron chi connectivity index (χ3n) is 4.26. The summed E-state index contributed by atoms with van der Waals surface area (Å²) >= 11 is 5.82. The van der Waals surface area contributed by atoms with Crippen LogP contribution in [0.3, 0.4) is 0 Å². The number of halogens is 2. The van der Waals surface area contributed by atoms with E-state index >= 15 is 0 Å². The molecule has 0 spiro atoms. The Balaban J connectivity index is 2.49. The lowest BCUT2D eigenvalue weighted by atomic mass is 9.99. The number of carbonyl (C=O) groups is 2. The van der Waals surface area contributed by atoms with Crippen molar-refractivity contribution in [2.45, 2.75) is 38.8 Å². The fraction of sp³-hybridized carbons (Fsp3) is 0.450. The third-order valence-corrected chi connectivity index (χ3v) is 4.55. The molecule has 0 radical (unpaired) electrons. The number of benzene rings is 1. The number of primary amides is 1. The summed E-state index contributed by atoms with van der Waals surface area (Å²) in [7, 11) is 0. The van der Waals surface area contributed by atoms with E-state index in [4.69, 9.17) is 27.8 Å². The summed E-state index contributed by atoms with van der Waals surface area (Å²) in [5, 5.41) is 9.16. The molecule has 2 rings (SSSR count). The van der Waals surface area contributed by atoms with Crippen LogP contribution in [-0.2, 0) is 9.53 Å². The maximum absolute atomic E-state index is 13.5. The zero-order valence-electron chi connectivity index (χ0n) is 17.1. The van der Waals surface area contributed by atoms with Crippen molar-refractivity contribution in [3.05, 3.63) is 40.2 Å². The molecule has 5 N–H and O–H groups in total. The van der Waals surface area contributed by atoms with Crippen LogP contribution in [0.15, 0.2) is 28.8 Å². The van der Waals surface area contributed by atoms with Crippen molar-refractivity contribution >= 4 is 35.0 Å². The first kappa shape index (κ1) is 23.6. The van der Waals surface area contributed by atoms with Crippen molar-refractivity contribution in [3.63, 3.8) is 0 Å². The number of aliphatic hydroxyl groups excluding tert-OH is 1. The van der Waals surface area contributed by atoms with Crippen LogP contribution in [0.4, 0.5) is 9.18 Å². The molecule has 1 atom stereocenters. The highest BCUT2D eigenvalue weighted by Gasteiger charge is 2.32. The van der Waals surface area contributed by atoms with Gasteiger partial charge >= 0.3 is 6.09 Å². The Morgan fingerprint density at radius 2 is 2.03 bits per heavy atom. The molecule has 0 bridgehead atoms. The number of amides is 2. The summed E-state index contributed by atoms with van der Waals surface area (Å²) < 4.78 is 18.9. The zero-order valence-corrected chi connectivity index (χ0v) is 17.9. The topological polar surface area (TPSA) is 131 Å². The normalized spacial score (nSPS) is 17.9. The third kappa shape index (κ3) is 5.93. The van der Waals surface area contributed by atoms with E-state index in [2.05, 4.69) is 4.99 Å². The largest absolute Gasteiger partial charge is 0.444 e. The molecule has 30 heavy (non-hydrogen) atoms. The second kappa shape index (κ2) is 9.44. The van der Waals surface area contributed by atoms with E-state index in [-0.39, 0.29) is 53.7 Å². The van der Waals surface area contributed by atoms with E-state index in [1.165, 1.54) is 17.0 Å². The van der Waals surface area contributed by atoms with Gasteiger partial charge in [0.15, 0.2) is 0 Å². The van der Waals surface area contributed by atoms with Gasteiger partial charge in [-0.15, -0.1) is 0 Å². The van der Waals surface area contributed by atoms with Crippen LogP contribution in [-0.4, -0.2) is 59.1 Å². The van der Waals surface area contributed by atoms with E-state index in [0.29, 0.717) is 0 Å². The van der Waals surface area contributed by atoms with Gasteiger partial charge in [0.25, 0.3) is 5.91 Å². The van der Waals surface area contributed by atoms with Gasteiger partial charge in [-0.05, 0) is 51.0 Å². The van der Waals surface area contributed by atoms with Crippen LogP contribution in [0.5, 0.6) is 0 Å². The Labute approximate surface area is 179 Å². The lowest BCUT2D eigenvalue weighted by molar-refractivity contribution is -0.114. The fourth-order valence-electron chi connectivity index (χ4n) is 2.95. The summed E-state index contributed by atoms with van der Waals surface area (Å²) in [6.45, 7) is 5.18. The van der Waals surface area contributed by atoms with Crippen molar-refractivity contribution in [3.8, 4) is 0 Å². The van der Waals surface area contributed by atoms with Gasteiger partial charge in [0.2, 0.25) is 0 Å². The Morgan fingerprint density at radius 3 is 2.57 bits per heavy atom. The van der Waals surface area contributed by atoms with E-state index < -0.39 is 29.5 Å². The van der Waals surface area contributed by atoms with Crippen LogP contribution in [0.1, 0.15) is 32.8 Å². The minimum atomic E-state index is -0.861. The molecule has 1 unspecified atom stereocenters. The van der Waals surface area contributed by atoms with E-state index in [9.17, 15) is 19.1 Å². The average molecular weight is 441 g/mol. The van der Waals surface area contributed by atoms with Crippen molar-refractivity contribution in [2.75, 3.05) is 19.7 Å². The minimum absolute atomic E-state index is 0.0445. The van der Waals surface area contributed by atoms with Crippen LogP contribution < -0.4 is 11.5 Å². The molecule has 1 aliphatic rings. The summed E-state index contributed by atoms with van der Waals surface area (Å²) in [5.41, 5.74) is 11.3. The summed E-state index contributed by atoms with van der Waals surface area (Å²) in [6.07, 6.45) is -0.332. The number of aliphatic imine (C=N–C) groups is 1. The molecule has 2 amide bonds. The first-order valence-corrected chi connectivity index (χ1v) is 9.71. The summed E-state index contributed by atoms with van der Waals surface area (Å²) in [5.74, 6) is -1.50. The van der Waals surface area contributed by atoms with E-state index in [0.717, 1.165) is 6.07 Å². The van der Waals surface area contributed by atoms with E-state index in [1.54, 1.807) is 20.8 Å². The average Bonchev–Trinajstić information content (AvgIpc) is 2.62. The highest BCUT2D eigenvalue weighted by Crippen LogP contribution is 2.24. The highest BCUT2D eigenvalue weighted by atomic mass is 35.5. The Morgan fingerprint density at radius 1 is 1.37 bits per heavy atom. The quantitative estimate of drug-likeness (QED) is 0.603. The second-order valence-electron chi connectivity index (χ2n) is 7.88. The lowest BCUT2D eigenvalue weighted by Gasteiger charge is -2.33. The van der Waals surface area contributed by atoms with Crippen molar-refractivity contribution in [2.24, 2.45) is 16.5 Å². The number of aliphatic hydroxyl groups is 1. The first-order chi connectivity index (χ1) is 13.9. The SMILES string of the molecule is CC(C)(C)OC(=O)N1CC(C(C(N)=O)=C(N)c2ccc(F)c(Cl)c2)=NC(CCO)C1. The zero-order chi connectivity index (χ0) is 22.6. The molecule has 8 nitrogen and oxygen atoms in total. The number of nitrogens with two attached hydrogens (primary N) is 2.